The number of esters is 3. The summed E-state index contributed by atoms with van der Waals surface area (Å²) in [6.45, 7) is 4.96. The van der Waals surface area contributed by atoms with E-state index < -0.39 is 29.4 Å². The van der Waals surface area contributed by atoms with Gasteiger partial charge in [-0.05, 0) is 43.5 Å². The average Bonchev–Trinajstić information content (AvgIpc) is 2.84. The summed E-state index contributed by atoms with van der Waals surface area (Å²) in [5, 5.41) is 0. The molecule has 0 saturated heterocycles. The molecule has 0 amide bonds. The van der Waals surface area contributed by atoms with Crippen LogP contribution in [-0.2, 0) is 28.6 Å². The molecule has 0 spiro atoms. The van der Waals surface area contributed by atoms with E-state index in [0.29, 0.717) is 6.42 Å². The summed E-state index contributed by atoms with van der Waals surface area (Å²) in [7, 11) is 0. The van der Waals surface area contributed by atoms with Crippen LogP contribution in [0.25, 0.3) is 12.2 Å². The predicted molar refractivity (Wildman–Crippen MR) is 127 cm³/mol. The third-order valence-electron chi connectivity index (χ3n) is 4.95. The predicted octanol–water partition coefficient (Wildman–Crippen LogP) is 4.85. The van der Waals surface area contributed by atoms with Crippen molar-refractivity contribution < 1.29 is 28.6 Å². The van der Waals surface area contributed by atoms with E-state index in [1.54, 1.807) is 26.0 Å². The highest BCUT2D eigenvalue weighted by Crippen LogP contribution is 2.21. The number of carbonyl (C=O) groups is 3. The van der Waals surface area contributed by atoms with Gasteiger partial charge in [0.25, 0.3) is 0 Å². The van der Waals surface area contributed by atoms with Crippen LogP contribution in [0.5, 0.6) is 0 Å². The summed E-state index contributed by atoms with van der Waals surface area (Å²) < 4.78 is 15.9. The molecule has 0 saturated carbocycles. The fourth-order valence-electron chi connectivity index (χ4n) is 2.51. The third kappa shape index (κ3) is 9.56. The van der Waals surface area contributed by atoms with E-state index in [4.69, 9.17) is 14.2 Å². The summed E-state index contributed by atoms with van der Waals surface area (Å²) >= 11 is 0. The topological polar surface area (TPSA) is 78.9 Å². The molecule has 2 rings (SSSR count). The van der Waals surface area contributed by atoms with Crippen molar-refractivity contribution in [3.05, 3.63) is 83.9 Å². The molecule has 0 fully saturated rings. The number of rotatable bonds is 11. The van der Waals surface area contributed by atoms with Crippen molar-refractivity contribution in [3.8, 4) is 0 Å². The molecular formula is C27H30O6. The lowest BCUT2D eigenvalue weighted by atomic mass is 9.91. The summed E-state index contributed by atoms with van der Waals surface area (Å²) in [4.78, 5) is 36.7. The van der Waals surface area contributed by atoms with Gasteiger partial charge in [-0.25, -0.2) is 9.59 Å². The van der Waals surface area contributed by atoms with Gasteiger partial charge in [-0.1, -0.05) is 67.6 Å². The van der Waals surface area contributed by atoms with Gasteiger partial charge >= 0.3 is 17.9 Å². The highest BCUT2D eigenvalue weighted by atomic mass is 16.6. The molecule has 0 aromatic heterocycles. The van der Waals surface area contributed by atoms with Gasteiger partial charge < -0.3 is 14.2 Å². The van der Waals surface area contributed by atoms with Crippen LogP contribution in [0.1, 0.15) is 38.3 Å². The minimum Gasteiger partial charge on any atom is -0.461 e. The molecule has 0 heterocycles. The summed E-state index contributed by atoms with van der Waals surface area (Å²) in [5.74, 6) is -1.65. The lowest BCUT2D eigenvalue weighted by Crippen LogP contribution is -2.33. The Kier molecular flexibility index (Phi) is 10.1. The van der Waals surface area contributed by atoms with E-state index in [1.807, 2.05) is 67.6 Å². The molecular weight excluding hydrogens is 420 g/mol. The van der Waals surface area contributed by atoms with Crippen molar-refractivity contribution in [2.75, 3.05) is 13.2 Å². The molecule has 1 atom stereocenters. The monoisotopic (exact) mass is 450 g/mol. The van der Waals surface area contributed by atoms with E-state index >= 15 is 0 Å². The van der Waals surface area contributed by atoms with Gasteiger partial charge in [0.05, 0.1) is 5.41 Å². The van der Waals surface area contributed by atoms with E-state index in [9.17, 15) is 14.4 Å². The van der Waals surface area contributed by atoms with Crippen LogP contribution < -0.4 is 0 Å². The Bertz CT molecular complexity index is 961. The van der Waals surface area contributed by atoms with Crippen LogP contribution in [0, 0.1) is 5.41 Å². The molecule has 2 aromatic carbocycles. The van der Waals surface area contributed by atoms with Crippen molar-refractivity contribution >= 4 is 30.1 Å². The van der Waals surface area contributed by atoms with Gasteiger partial charge in [0.2, 0.25) is 0 Å². The Morgan fingerprint density at radius 2 is 1.27 bits per heavy atom. The van der Waals surface area contributed by atoms with Crippen LogP contribution in [0.2, 0.25) is 0 Å². The Balaban J connectivity index is 1.97. The number of hydrogen-bond donors (Lipinski definition) is 0. The minimum atomic E-state index is -0.941. The Morgan fingerprint density at radius 1 is 0.788 bits per heavy atom. The molecule has 0 aliphatic rings. The highest BCUT2D eigenvalue weighted by Gasteiger charge is 2.28. The molecule has 0 bridgehead atoms. The van der Waals surface area contributed by atoms with Gasteiger partial charge in [-0.2, -0.15) is 0 Å². The van der Waals surface area contributed by atoms with Crippen LogP contribution in [0.15, 0.2) is 72.8 Å². The van der Waals surface area contributed by atoms with Crippen molar-refractivity contribution in [1.82, 2.24) is 0 Å². The molecule has 0 radical (unpaired) electrons. The first kappa shape index (κ1) is 25.6. The number of hydrogen-bond acceptors (Lipinski definition) is 6. The fourth-order valence-corrected chi connectivity index (χ4v) is 2.51. The van der Waals surface area contributed by atoms with Gasteiger partial charge in [0.15, 0.2) is 6.10 Å². The quantitative estimate of drug-likeness (QED) is 0.277. The Hall–Kier alpha value is -3.67. The first-order valence-electron chi connectivity index (χ1n) is 10.8. The number of carbonyl (C=O) groups excluding carboxylic acids is 3. The lowest BCUT2D eigenvalue weighted by molar-refractivity contribution is -0.167. The molecule has 2 aromatic rings. The molecule has 0 aliphatic heterocycles. The van der Waals surface area contributed by atoms with Crippen LogP contribution in [-0.4, -0.2) is 37.2 Å². The zero-order valence-electron chi connectivity index (χ0n) is 19.2. The van der Waals surface area contributed by atoms with Gasteiger partial charge in [0.1, 0.15) is 13.2 Å². The highest BCUT2D eigenvalue weighted by molar-refractivity contribution is 5.88. The summed E-state index contributed by atoms with van der Waals surface area (Å²) in [6, 6.07) is 18.6. The van der Waals surface area contributed by atoms with Crippen LogP contribution >= 0.6 is 0 Å². The second-order valence-corrected chi connectivity index (χ2v) is 8.01. The lowest BCUT2D eigenvalue weighted by Gasteiger charge is -2.23. The van der Waals surface area contributed by atoms with Crippen molar-refractivity contribution in [2.24, 2.45) is 5.41 Å². The third-order valence-corrected chi connectivity index (χ3v) is 4.95. The van der Waals surface area contributed by atoms with Gasteiger partial charge in [0, 0.05) is 12.2 Å². The summed E-state index contributed by atoms with van der Waals surface area (Å²) in [5.41, 5.74) is 1.01. The normalized spacial score (nSPS) is 12.5. The van der Waals surface area contributed by atoms with Gasteiger partial charge in [-0.15, -0.1) is 0 Å². The molecule has 0 aliphatic carbocycles. The molecule has 174 valence electrons. The molecule has 33 heavy (non-hydrogen) atoms. The smallest absolute Gasteiger partial charge is 0.331 e. The molecule has 1 unspecified atom stereocenters. The fraction of sp³-hybridized carbons (Fsp3) is 0.296. The van der Waals surface area contributed by atoms with Crippen molar-refractivity contribution in [3.63, 3.8) is 0 Å². The maximum atomic E-state index is 12.3. The second kappa shape index (κ2) is 13.0. The Labute approximate surface area is 194 Å². The van der Waals surface area contributed by atoms with E-state index in [1.165, 1.54) is 12.2 Å². The van der Waals surface area contributed by atoms with Crippen molar-refractivity contribution in [1.29, 1.82) is 0 Å². The Morgan fingerprint density at radius 3 is 1.79 bits per heavy atom. The largest absolute Gasteiger partial charge is 0.461 e. The van der Waals surface area contributed by atoms with Crippen LogP contribution in [0.3, 0.4) is 0 Å². The van der Waals surface area contributed by atoms with E-state index in [0.717, 1.165) is 11.1 Å². The average molecular weight is 451 g/mol. The molecule has 6 heteroatoms. The van der Waals surface area contributed by atoms with E-state index in [-0.39, 0.29) is 13.2 Å². The first-order valence-corrected chi connectivity index (χ1v) is 10.8. The minimum absolute atomic E-state index is 0.219. The molecule has 6 nitrogen and oxygen atoms in total. The maximum absolute atomic E-state index is 12.3. The maximum Gasteiger partial charge on any atom is 0.331 e. The van der Waals surface area contributed by atoms with Gasteiger partial charge in [-0.3, -0.25) is 4.79 Å². The standard InChI is InChI=1S/C27H30O6/c1-4-27(2,3)26(30)32-20-23(33-25(29)18-16-22-13-9-6-10-14-22)19-31-24(28)17-15-21-11-7-5-8-12-21/h5-18,23H,4,19-20H2,1-3H3/b17-15+,18-16+. The zero-order chi connectivity index (χ0) is 24.1. The number of benzene rings is 2. The van der Waals surface area contributed by atoms with Crippen LogP contribution in [0.4, 0.5) is 0 Å². The first-order chi connectivity index (χ1) is 15.8. The molecule has 0 N–H and O–H groups in total. The number of ether oxygens (including phenoxy) is 3. The second-order valence-electron chi connectivity index (χ2n) is 8.01. The van der Waals surface area contributed by atoms with E-state index in [2.05, 4.69) is 0 Å². The SMILES string of the molecule is CCC(C)(C)C(=O)OCC(COC(=O)/C=C/c1ccccc1)OC(=O)/C=C/c1ccccc1. The zero-order valence-corrected chi connectivity index (χ0v) is 19.2. The summed E-state index contributed by atoms with van der Waals surface area (Å²) in [6.07, 6.45) is 5.45. The van der Waals surface area contributed by atoms with Crippen molar-refractivity contribution in [2.45, 2.75) is 33.3 Å².